The SMILES string of the molecule is Cc1cc(N2CCCCC2)nc(N2CCN(C(=O)Nc3ccc(Cl)cc3)CC2)n1. The molecule has 2 amide bonds. The number of carbonyl (C=O) groups is 1. The fraction of sp³-hybridized carbons (Fsp3) is 0.476. The number of piperazine rings is 1. The van der Waals surface area contributed by atoms with Crippen molar-refractivity contribution in [2.75, 3.05) is 54.4 Å². The van der Waals surface area contributed by atoms with E-state index in [9.17, 15) is 4.79 Å². The number of hydrogen-bond donors (Lipinski definition) is 1. The van der Waals surface area contributed by atoms with Gasteiger partial charge in [-0.15, -0.1) is 0 Å². The second-order valence-corrected chi connectivity index (χ2v) is 8.06. The van der Waals surface area contributed by atoms with Gasteiger partial charge < -0.3 is 20.0 Å². The van der Waals surface area contributed by atoms with Crippen LogP contribution < -0.4 is 15.1 Å². The Bertz CT molecular complexity index is 845. The lowest BCUT2D eigenvalue weighted by atomic mass is 10.1. The van der Waals surface area contributed by atoms with Gasteiger partial charge >= 0.3 is 6.03 Å². The summed E-state index contributed by atoms with van der Waals surface area (Å²) in [5, 5.41) is 3.58. The molecule has 0 bridgehead atoms. The van der Waals surface area contributed by atoms with E-state index in [-0.39, 0.29) is 6.03 Å². The Balaban J connectivity index is 1.37. The highest BCUT2D eigenvalue weighted by Crippen LogP contribution is 2.22. The van der Waals surface area contributed by atoms with Gasteiger partial charge in [-0.25, -0.2) is 9.78 Å². The molecule has 0 saturated carbocycles. The summed E-state index contributed by atoms with van der Waals surface area (Å²) in [6.45, 7) is 6.86. The summed E-state index contributed by atoms with van der Waals surface area (Å²) in [7, 11) is 0. The predicted molar refractivity (Wildman–Crippen MR) is 117 cm³/mol. The Morgan fingerprint density at radius 3 is 2.31 bits per heavy atom. The smallest absolute Gasteiger partial charge is 0.321 e. The summed E-state index contributed by atoms with van der Waals surface area (Å²) < 4.78 is 0. The molecule has 154 valence electrons. The number of anilines is 3. The third-order valence-electron chi connectivity index (χ3n) is 5.45. The molecule has 0 unspecified atom stereocenters. The molecular weight excluding hydrogens is 388 g/mol. The van der Waals surface area contributed by atoms with Crippen molar-refractivity contribution in [3.63, 3.8) is 0 Å². The fourth-order valence-corrected chi connectivity index (χ4v) is 3.93. The summed E-state index contributed by atoms with van der Waals surface area (Å²) >= 11 is 5.90. The molecule has 0 radical (unpaired) electrons. The summed E-state index contributed by atoms with van der Waals surface area (Å²) in [4.78, 5) is 28.4. The number of benzene rings is 1. The first-order valence-corrected chi connectivity index (χ1v) is 10.6. The molecule has 29 heavy (non-hydrogen) atoms. The van der Waals surface area contributed by atoms with Gasteiger partial charge in [0.15, 0.2) is 0 Å². The van der Waals surface area contributed by atoms with Gasteiger partial charge in [0, 0.05) is 61.7 Å². The van der Waals surface area contributed by atoms with E-state index < -0.39 is 0 Å². The van der Waals surface area contributed by atoms with E-state index in [0.29, 0.717) is 18.1 Å². The minimum atomic E-state index is -0.0915. The van der Waals surface area contributed by atoms with E-state index in [1.165, 1.54) is 19.3 Å². The van der Waals surface area contributed by atoms with Gasteiger partial charge in [0.05, 0.1) is 0 Å². The van der Waals surface area contributed by atoms with E-state index in [0.717, 1.165) is 49.3 Å². The van der Waals surface area contributed by atoms with Gasteiger partial charge in [0.1, 0.15) is 5.82 Å². The minimum Gasteiger partial charge on any atom is -0.356 e. The van der Waals surface area contributed by atoms with Crippen LogP contribution in [-0.4, -0.2) is 60.2 Å². The van der Waals surface area contributed by atoms with Gasteiger partial charge in [0.2, 0.25) is 5.95 Å². The van der Waals surface area contributed by atoms with Gasteiger partial charge in [-0.3, -0.25) is 0 Å². The largest absolute Gasteiger partial charge is 0.356 e. The molecule has 2 fully saturated rings. The van der Waals surface area contributed by atoms with Crippen LogP contribution in [0.25, 0.3) is 0 Å². The van der Waals surface area contributed by atoms with Crippen LogP contribution in [-0.2, 0) is 0 Å². The number of carbonyl (C=O) groups excluding carboxylic acids is 1. The molecule has 2 aromatic rings. The standard InChI is InChI=1S/C21H27ClN6O/c1-16-15-19(26-9-3-2-4-10-26)25-20(23-16)27-11-13-28(14-12-27)21(29)24-18-7-5-17(22)6-8-18/h5-8,15H,2-4,9-14H2,1H3,(H,24,29). The van der Waals surface area contributed by atoms with E-state index in [1.807, 2.05) is 11.8 Å². The lowest BCUT2D eigenvalue weighted by Crippen LogP contribution is -2.50. The predicted octanol–water partition coefficient (Wildman–Crippen LogP) is 3.78. The number of urea groups is 1. The third kappa shape index (κ3) is 4.90. The van der Waals surface area contributed by atoms with E-state index in [2.05, 4.69) is 26.2 Å². The van der Waals surface area contributed by atoms with Crippen molar-refractivity contribution in [2.24, 2.45) is 0 Å². The van der Waals surface area contributed by atoms with Crippen molar-refractivity contribution in [3.8, 4) is 0 Å². The number of rotatable bonds is 3. The summed E-state index contributed by atoms with van der Waals surface area (Å²) in [5.41, 5.74) is 1.73. The number of nitrogens with zero attached hydrogens (tertiary/aromatic N) is 5. The van der Waals surface area contributed by atoms with Crippen LogP contribution in [0.1, 0.15) is 25.0 Å². The maximum absolute atomic E-state index is 12.5. The second-order valence-electron chi connectivity index (χ2n) is 7.63. The molecule has 1 aromatic heterocycles. The lowest BCUT2D eigenvalue weighted by Gasteiger charge is -2.35. The highest BCUT2D eigenvalue weighted by molar-refractivity contribution is 6.30. The Morgan fingerprint density at radius 2 is 1.62 bits per heavy atom. The van der Waals surface area contributed by atoms with Crippen LogP contribution in [0.4, 0.5) is 22.2 Å². The van der Waals surface area contributed by atoms with Crippen molar-refractivity contribution in [3.05, 3.63) is 41.0 Å². The van der Waals surface area contributed by atoms with Crippen molar-refractivity contribution in [1.29, 1.82) is 0 Å². The maximum atomic E-state index is 12.5. The van der Waals surface area contributed by atoms with E-state index >= 15 is 0 Å². The first kappa shape index (κ1) is 19.8. The fourth-order valence-electron chi connectivity index (χ4n) is 3.81. The Hall–Kier alpha value is -2.54. The van der Waals surface area contributed by atoms with Crippen LogP contribution in [0.15, 0.2) is 30.3 Å². The van der Waals surface area contributed by atoms with Crippen molar-refractivity contribution >= 4 is 35.1 Å². The molecule has 1 aromatic carbocycles. The topological polar surface area (TPSA) is 64.6 Å². The average molecular weight is 415 g/mol. The Labute approximate surface area is 176 Å². The molecule has 2 aliphatic rings. The van der Waals surface area contributed by atoms with Crippen LogP contribution in [0.2, 0.25) is 5.02 Å². The molecule has 8 heteroatoms. The van der Waals surface area contributed by atoms with Gasteiger partial charge in [0.25, 0.3) is 0 Å². The zero-order valence-electron chi connectivity index (χ0n) is 16.8. The number of piperidine rings is 1. The summed E-state index contributed by atoms with van der Waals surface area (Å²) in [6, 6.07) is 9.13. The Morgan fingerprint density at radius 1 is 0.931 bits per heavy atom. The van der Waals surface area contributed by atoms with Crippen molar-refractivity contribution < 1.29 is 4.79 Å². The van der Waals surface area contributed by atoms with Crippen molar-refractivity contribution in [2.45, 2.75) is 26.2 Å². The number of aromatic nitrogens is 2. The number of hydrogen-bond acceptors (Lipinski definition) is 5. The monoisotopic (exact) mass is 414 g/mol. The van der Waals surface area contributed by atoms with Crippen LogP contribution in [0.3, 0.4) is 0 Å². The molecule has 4 rings (SSSR count). The highest BCUT2D eigenvalue weighted by Gasteiger charge is 2.24. The summed E-state index contributed by atoms with van der Waals surface area (Å²) in [5.74, 6) is 1.79. The molecule has 0 atom stereocenters. The average Bonchev–Trinajstić information content (AvgIpc) is 2.75. The van der Waals surface area contributed by atoms with Gasteiger partial charge in [-0.1, -0.05) is 11.6 Å². The maximum Gasteiger partial charge on any atom is 0.321 e. The molecular formula is C21H27ClN6O. The van der Waals surface area contributed by atoms with Gasteiger partial charge in [-0.2, -0.15) is 4.98 Å². The lowest BCUT2D eigenvalue weighted by molar-refractivity contribution is 0.208. The Kier molecular flexibility index (Phi) is 6.04. The van der Waals surface area contributed by atoms with Crippen molar-refractivity contribution in [1.82, 2.24) is 14.9 Å². The number of amides is 2. The molecule has 0 aliphatic carbocycles. The van der Waals surface area contributed by atoms with E-state index in [1.54, 1.807) is 24.3 Å². The molecule has 7 nitrogen and oxygen atoms in total. The van der Waals surface area contributed by atoms with Crippen LogP contribution in [0, 0.1) is 6.92 Å². The first-order chi connectivity index (χ1) is 14.1. The van der Waals surface area contributed by atoms with Gasteiger partial charge in [-0.05, 0) is 50.5 Å². The highest BCUT2D eigenvalue weighted by atomic mass is 35.5. The normalized spacial score (nSPS) is 17.4. The zero-order valence-corrected chi connectivity index (χ0v) is 17.5. The van der Waals surface area contributed by atoms with Crippen LogP contribution >= 0.6 is 11.6 Å². The quantitative estimate of drug-likeness (QED) is 0.827. The molecule has 2 saturated heterocycles. The second kappa shape index (κ2) is 8.86. The molecule has 1 N–H and O–H groups in total. The van der Waals surface area contributed by atoms with E-state index in [4.69, 9.17) is 16.6 Å². The zero-order chi connectivity index (χ0) is 20.2. The molecule has 0 spiro atoms. The number of halogens is 1. The number of aryl methyl sites for hydroxylation is 1. The third-order valence-corrected chi connectivity index (χ3v) is 5.71. The molecule has 3 heterocycles. The first-order valence-electron chi connectivity index (χ1n) is 10.3. The minimum absolute atomic E-state index is 0.0915. The number of nitrogens with one attached hydrogen (secondary N) is 1. The van der Waals surface area contributed by atoms with Crippen LogP contribution in [0.5, 0.6) is 0 Å². The molecule has 2 aliphatic heterocycles. The summed E-state index contributed by atoms with van der Waals surface area (Å²) in [6.07, 6.45) is 3.74.